The minimum absolute atomic E-state index is 0.203. The molecule has 1 N–H and O–H groups in total. The van der Waals surface area contributed by atoms with Gasteiger partial charge >= 0.3 is 20.0 Å². The van der Waals surface area contributed by atoms with Gasteiger partial charge in [0, 0.05) is 5.38 Å². The Morgan fingerprint density at radius 3 is 2.74 bits per heavy atom. The standard InChI is InChI=1S/C10H13BN2O5S/c1-3-7(10(16)17-11)18-13-8(9(14)15)6-4-19-5(2)12-6/h4,7H,3,11H2,1-2H3,(H,14,15)/b13-8-/t7-/m0/s1. The molecule has 1 atom stereocenters. The zero-order chi connectivity index (χ0) is 14.4. The Bertz CT molecular complexity index is 502. The van der Waals surface area contributed by atoms with Gasteiger partial charge in [0.1, 0.15) is 5.69 Å². The number of carbonyl (C=O) groups is 2. The van der Waals surface area contributed by atoms with Gasteiger partial charge in [-0.05, 0) is 13.3 Å². The van der Waals surface area contributed by atoms with Gasteiger partial charge in [-0.15, -0.1) is 11.3 Å². The van der Waals surface area contributed by atoms with Crippen LogP contribution in [0.2, 0.25) is 0 Å². The molecule has 1 aromatic heterocycles. The van der Waals surface area contributed by atoms with Crippen LogP contribution in [0.3, 0.4) is 0 Å². The average Bonchev–Trinajstić information content (AvgIpc) is 2.79. The highest BCUT2D eigenvalue weighted by atomic mass is 32.1. The molecular weight excluding hydrogens is 271 g/mol. The topological polar surface area (TPSA) is 98.1 Å². The van der Waals surface area contributed by atoms with E-state index in [9.17, 15) is 9.59 Å². The normalized spacial score (nSPS) is 12.8. The number of hydrogen-bond acceptors (Lipinski definition) is 7. The van der Waals surface area contributed by atoms with E-state index in [1.807, 2.05) is 0 Å². The van der Waals surface area contributed by atoms with Crippen LogP contribution in [-0.2, 0) is 19.1 Å². The maximum atomic E-state index is 11.3. The van der Waals surface area contributed by atoms with Crippen molar-refractivity contribution < 1.29 is 24.2 Å². The highest BCUT2D eigenvalue weighted by Gasteiger charge is 2.21. The van der Waals surface area contributed by atoms with Crippen molar-refractivity contribution in [3.63, 3.8) is 0 Å². The van der Waals surface area contributed by atoms with Crippen LogP contribution in [0, 0.1) is 6.92 Å². The van der Waals surface area contributed by atoms with E-state index in [1.165, 1.54) is 19.4 Å². The summed E-state index contributed by atoms with van der Waals surface area (Å²) in [5.41, 5.74) is -0.138. The number of aliphatic carboxylic acids is 1. The van der Waals surface area contributed by atoms with Crippen LogP contribution in [0.4, 0.5) is 0 Å². The molecule has 0 aliphatic rings. The van der Waals surface area contributed by atoms with Crippen molar-refractivity contribution in [1.82, 2.24) is 4.98 Å². The molecule has 9 heteroatoms. The summed E-state index contributed by atoms with van der Waals surface area (Å²) in [6.45, 7) is 3.45. The van der Waals surface area contributed by atoms with Gasteiger partial charge < -0.3 is 14.6 Å². The number of carboxylic acid groups (broad SMARTS) is 1. The van der Waals surface area contributed by atoms with E-state index in [0.29, 0.717) is 11.4 Å². The SMILES string of the molecule is BOC(=O)[C@H](CC)O/N=C(\C(=O)O)c1csc(C)n1. The van der Waals surface area contributed by atoms with E-state index in [2.05, 4.69) is 14.8 Å². The highest BCUT2D eigenvalue weighted by molar-refractivity contribution is 7.09. The molecule has 0 aromatic carbocycles. The lowest BCUT2D eigenvalue weighted by molar-refractivity contribution is -0.147. The monoisotopic (exact) mass is 284 g/mol. The van der Waals surface area contributed by atoms with Crippen molar-refractivity contribution in [2.24, 2.45) is 5.16 Å². The van der Waals surface area contributed by atoms with E-state index in [-0.39, 0.29) is 11.4 Å². The second-order valence-corrected chi connectivity index (χ2v) is 4.58. The van der Waals surface area contributed by atoms with Gasteiger partial charge in [-0.3, -0.25) is 0 Å². The molecule has 0 fully saturated rings. The molecule has 19 heavy (non-hydrogen) atoms. The molecule has 1 heterocycles. The fraction of sp³-hybridized carbons (Fsp3) is 0.400. The van der Waals surface area contributed by atoms with Crippen LogP contribution in [0.25, 0.3) is 0 Å². The Morgan fingerprint density at radius 1 is 1.63 bits per heavy atom. The number of nitrogens with zero attached hydrogens (tertiary/aromatic N) is 2. The summed E-state index contributed by atoms with van der Waals surface area (Å²) in [6, 6.07) is 0. The third kappa shape index (κ3) is 4.06. The smallest absolute Gasteiger partial charge is 0.360 e. The lowest BCUT2D eigenvalue weighted by Gasteiger charge is -2.10. The highest BCUT2D eigenvalue weighted by Crippen LogP contribution is 2.10. The summed E-state index contributed by atoms with van der Waals surface area (Å²) in [5, 5.41) is 14.8. The van der Waals surface area contributed by atoms with Crippen molar-refractivity contribution in [1.29, 1.82) is 0 Å². The van der Waals surface area contributed by atoms with E-state index < -0.39 is 18.0 Å². The molecular formula is C10H13BN2O5S. The predicted octanol–water partition coefficient (Wildman–Crippen LogP) is 0.127. The molecule has 0 saturated heterocycles. The Balaban J connectivity index is 2.91. The first-order valence-corrected chi connectivity index (χ1v) is 6.35. The first-order valence-electron chi connectivity index (χ1n) is 5.47. The third-order valence-electron chi connectivity index (χ3n) is 2.17. The minimum Gasteiger partial charge on any atom is -0.541 e. The molecule has 102 valence electrons. The Labute approximate surface area is 114 Å². The van der Waals surface area contributed by atoms with Crippen LogP contribution in [-0.4, -0.2) is 41.9 Å². The van der Waals surface area contributed by atoms with Crippen LogP contribution >= 0.6 is 11.3 Å². The molecule has 1 rings (SSSR count). The Kier molecular flexibility index (Phi) is 5.49. The number of rotatable bonds is 6. The quantitative estimate of drug-likeness (QED) is 0.453. The number of aromatic nitrogens is 1. The molecule has 0 saturated carbocycles. The summed E-state index contributed by atoms with van der Waals surface area (Å²) in [7, 11) is 1.22. The van der Waals surface area contributed by atoms with Crippen molar-refractivity contribution in [2.75, 3.05) is 0 Å². The summed E-state index contributed by atoms with van der Waals surface area (Å²) < 4.78 is 4.51. The van der Waals surface area contributed by atoms with Crippen molar-refractivity contribution in [3.05, 3.63) is 16.1 Å². The summed E-state index contributed by atoms with van der Waals surface area (Å²) >= 11 is 1.30. The second kappa shape index (κ2) is 6.88. The molecule has 0 spiro atoms. The number of carbonyl (C=O) groups excluding carboxylic acids is 1. The molecule has 0 aliphatic carbocycles. The van der Waals surface area contributed by atoms with Gasteiger partial charge in [-0.25, -0.2) is 14.6 Å². The molecule has 0 radical (unpaired) electrons. The van der Waals surface area contributed by atoms with Gasteiger partial charge in [0.2, 0.25) is 11.8 Å². The molecule has 7 nitrogen and oxygen atoms in total. The average molecular weight is 284 g/mol. The minimum atomic E-state index is -1.27. The van der Waals surface area contributed by atoms with E-state index >= 15 is 0 Å². The van der Waals surface area contributed by atoms with E-state index in [0.717, 1.165) is 0 Å². The summed E-state index contributed by atoms with van der Waals surface area (Å²) in [6.07, 6.45) is -0.613. The molecule has 0 bridgehead atoms. The third-order valence-corrected chi connectivity index (χ3v) is 2.94. The van der Waals surface area contributed by atoms with Gasteiger partial charge in [0.05, 0.1) is 5.01 Å². The maximum absolute atomic E-state index is 11.3. The number of oxime groups is 1. The largest absolute Gasteiger partial charge is 0.541 e. The first-order chi connectivity index (χ1) is 8.99. The van der Waals surface area contributed by atoms with Gasteiger partial charge in [-0.2, -0.15) is 0 Å². The first kappa shape index (κ1) is 15.2. The molecule has 0 amide bonds. The van der Waals surface area contributed by atoms with Crippen LogP contribution in [0.1, 0.15) is 24.0 Å². The summed E-state index contributed by atoms with van der Waals surface area (Å²) in [4.78, 5) is 31.3. The Morgan fingerprint density at radius 2 is 2.32 bits per heavy atom. The van der Waals surface area contributed by atoms with Crippen LogP contribution < -0.4 is 0 Å². The fourth-order valence-corrected chi connectivity index (χ4v) is 1.80. The molecule has 0 unspecified atom stereocenters. The zero-order valence-electron chi connectivity index (χ0n) is 10.7. The maximum Gasteiger partial charge on any atom is 0.360 e. The van der Waals surface area contributed by atoms with Gasteiger partial charge in [-0.1, -0.05) is 12.1 Å². The van der Waals surface area contributed by atoms with Crippen LogP contribution in [0.5, 0.6) is 0 Å². The second-order valence-electron chi connectivity index (χ2n) is 3.52. The lowest BCUT2D eigenvalue weighted by Crippen LogP contribution is -2.25. The number of hydrogen-bond donors (Lipinski definition) is 1. The summed E-state index contributed by atoms with van der Waals surface area (Å²) in [5.74, 6) is -1.88. The number of aryl methyl sites for hydroxylation is 1. The van der Waals surface area contributed by atoms with Gasteiger partial charge in [0.15, 0.2) is 0 Å². The van der Waals surface area contributed by atoms with E-state index in [4.69, 9.17) is 9.94 Å². The van der Waals surface area contributed by atoms with Crippen molar-refractivity contribution in [3.8, 4) is 0 Å². The number of thiazole rings is 1. The van der Waals surface area contributed by atoms with E-state index in [1.54, 1.807) is 19.2 Å². The van der Waals surface area contributed by atoms with Crippen molar-refractivity contribution in [2.45, 2.75) is 26.4 Å². The molecule has 0 aliphatic heterocycles. The van der Waals surface area contributed by atoms with Crippen LogP contribution in [0.15, 0.2) is 10.5 Å². The molecule has 1 aromatic rings. The zero-order valence-corrected chi connectivity index (χ0v) is 11.6. The van der Waals surface area contributed by atoms with Crippen molar-refractivity contribution >= 4 is 37.0 Å². The Hall–Kier alpha value is -1.90. The van der Waals surface area contributed by atoms with Gasteiger partial charge in [0.25, 0.3) is 0 Å². The number of carboxylic acids is 1. The lowest BCUT2D eigenvalue weighted by atomic mass is 10.3. The fourth-order valence-electron chi connectivity index (χ4n) is 1.20. The predicted molar refractivity (Wildman–Crippen MR) is 70.8 cm³/mol.